The first-order chi connectivity index (χ1) is 58.2. The second-order valence-electron chi connectivity index (χ2n) is 29.9. The second kappa shape index (κ2) is 118. The van der Waals surface area contributed by atoms with E-state index in [4.69, 9.17) is 13.6 Å². The van der Waals surface area contributed by atoms with Gasteiger partial charge in [-0.15, -0.1) is 0 Å². The molecule has 0 spiro atoms. The first kappa shape index (κ1) is 121. The number of unbranched alkanes of at least 4 members (excludes halogenated alkanes) is 19. The molecule has 0 saturated carbocycles. The molecule has 118 heavy (non-hydrogen) atoms. The minimum absolute atomic E-state index is 0.125. The van der Waals surface area contributed by atoms with Crippen LogP contribution in [0.5, 0.6) is 0 Å². The summed E-state index contributed by atoms with van der Waals surface area (Å²) in [5.74, 6) is 1.25. The van der Waals surface area contributed by atoms with Crippen molar-refractivity contribution in [3.05, 3.63) is 304 Å². The summed E-state index contributed by atoms with van der Waals surface area (Å²) in [5, 5.41) is 0. The molecule has 0 saturated heterocycles. The molecule has 668 valence electrons. The largest absolute Gasteiger partial charge is 0.358 e. The summed E-state index contributed by atoms with van der Waals surface area (Å²) in [6.45, 7) is 26.6. The topological polar surface area (TPSA) is 27.7 Å². The Morgan fingerprint density at radius 2 is 0.390 bits per heavy atom. The van der Waals surface area contributed by atoms with Gasteiger partial charge < -0.3 is 13.6 Å². The van der Waals surface area contributed by atoms with Gasteiger partial charge in [0.05, 0.1) is 18.3 Å². The molecular formula is C112H187O3P3. The Hall–Kier alpha value is -5.33. The minimum Gasteiger partial charge on any atom is -0.358 e. The van der Waals surface area contributed by atoms with Crippen molar-refractivity contribution in [2.24, 2.45) is 11.8 Å². The molecule has 0 aromatic rings. The summed E-state index contributed by atoms with van der Waals surface area (Å²) in [6.07, 6.45) is 165. The Morgan fingerprint density at radius 1 is 0.186 bits per heavy atom. The summed E-state index contributed by atoms with van der Waals surface area (Å²) in [6, 6.07) is 0. The van der Waals surface area contributed by atoms with Gasteiger partial charge in [0.2, 0.25) is 0 Å². The SMILES string of the molecule is CC/C=C\C/C=C\C/C=C\C/C=C\C=C\C(CCCCCC)OP.CC/C=C\C/C=C\CC(/C=C/C=C\C/C=C\CCCCCC)OP.CC/C=C\CC(C)/C=C/C=C\C/C=C\C/C=C\CCCCCC.CCC=CCC(C)C=CC=CCC=CCC=CCCCCCC.CCC=CCC=CCC(C=CC=CCC=CCCCCCC)OP. The van der Waals surface area contributed by atoms with Crippen LogP contribution in [0.2, 0.25) is 0 Å². The van der Waals surface area contributed by atoms with Crippen LogP contribution in [0.1, 0.15) is 372 Å². The molecular weight excluding hydrogens is 1490 g/mol. The first-order valence-electron chi connectivity index (χ1n) is 47.6. The number of hydrogen-bond acceptors (Lipinski definition) is 3. The maximum Gasteiger partial charge on any atom is 0.0828 e. The van der Waals surface area contributed by atoms with Gasteiger partial charge in [-0.1, -0.05) is 490 Å². The Balaban J connectivity index is -0.000000451. The Labute approximate surface area is 743 Å². The lowest BCUT2D eigenvalue weighted by atomic mass is 10.1. The summed E-state index contributed by atoms with van der Waals surface area (Å²) in [5.41, 5.74) is 0. The molecule has 0 heterocycles. The van der Waals surface area contributed by atoms with E-state index in [1.54, 1.807) is 0 Å². The molecule has 6 heteroatoms. The highest BCUT2D eigenvalue weighted by atomic mass is 31.0. The van der Waals surface area contributed by atoms with Crippen molar-refractivity contribution >= 4 is 28.4 Å². The predicted octanol–water partition coefficient (Wildman–Crippen LogP) is 38.4. The lowest BCUT2D eigenvalue weighted by Gasteiger charge is -2.09. The molecule has 0 radical (unpaired) electrons. The third-order valence-electron chi connectivity index (χ3n) is 18.3. The van der Waals surface area contributed by atoms with Crippen molar-refractivity contribution in [3.8, 4) is 0 Å². The van der Waals surface area contributed by atoms with Gasteiger partial charge in [-0.05, 0) is 198 Å². The van der Waals surface area contributed by atoms with Crippen LogP contribution in [0.15, 0.2) is 304 Å². The van der Waals surface area contributed by atoms with Gasteiger partial charge in [0, 0.05) is 28.4 Å². The fourth-order valence-electron chi connectivity index (χ4n) is 11.0. The molecule has 0 aliphatic carbocycles. The number of hydrogen-bond donors (Lipinski definition) is 0. The molecule has 8 unspecified atom stereocenters. The van der Waals surface area contributed by atoms with E-state index in [9.17, 15) is 0 Å². The van der Waals surface area contributed by atoms with Crippen molar-refractivity contribution in [2.45, 2.75) is 390 Å². The normalized spacial score (nSPS) is 14.3. The summed E-state index contributed by atoms with van der Waals surface area (Å²) in [7, 11) is 7.11. The molecule has 0 aliphatic heterocycles. The molecule has 0 N–H and O–H groups in total. The minimum atomic E-state index is 0.125. The summed E-state index contributed by atoms with van der Waals surface area (Å²) >= 11 is 0. The van der Waals surface area contributed by atoms with Crippen LogP contribution in [0, 0.1) is 11.8 Å². The van der Waals surface area contributed by atoms with Crippen molar-refractivity contribution in [1.29, 1.82) is 0 Å². The molecule has 0 aromatic heterocycles. The molecule has 0 aromatic carbocycles. The smallest absolute Gasteiger partial charge is 0.0828 e. The average Bonchev–Trinajstić information content (AvgIpc) is 1.05. The van der Waals surface area contributed by atoms with Crippen molar-refractivity contribution in [2.75, 3.05) is 0 Å². The van der Waals surface area contributed by atoms with Gasteiger partial charge in [-0.25, -0.2) is 0 Å². The molecule has 8 atom stereocenters. The monoisotopic (exact) mass is 1670 g/mol. The van der Waals surface area contributed by atoms with Crippen LogP contribution in [0.4, 0.5) is 0 Å². The quantitative estimate of drug-likeness (QED) is 0.0263. The van der Waals surface area contributed by atoms with E-state index in [0.29, 0.717) is 11.8 Å². The molecule has 0 bridgehead atoms. The van der Waals surface area contributed by atoms with Crippen LogP contribution in [-0.2, 0) is 13.6 Å². The van der Waals surface area contributed by atoms with Gasteiger partial charge in [0.15, 0.2) is 0 Å². The van der Waals surface area contributed by atoms with E-state index >= 15 is 0 Å². The second-order valence-corrected chi connectivity index (χ2v) is 30.8. The van der Waals surface area contributed by atoms with Crippen LogP contribution in [0.3, 0.4) is 0 Å². The predicted molar refractivity (Wildman–Crippen MR) is 555 cm³/mol. The molecule has 3 nitrogen and oxygen atoms in total. The van der Waals surface area contributed by atoms with Gasteiger partial charge in [0.1, 0.15) is 0 Å². The maximum absolute atomic E-state index is 5.41. The highest BCUT2D eigenvalue weighted by Gasteiger charge is 2.02. The Morgan fingerprint density at radius 3 is 0.644 bits per heavy atom. The van der Waals surface area contributed by atoms with E-state index in [-0.39, 0.29) is 18.3 Å². The molecule has 0 aliphatic rings. The van der Waals surface area contributed by atoms with E-state index in [0.717, 1.165) is 135 Å². The third kappa shape index (κ3) is 119. The van der Waals surface area contributed by atoms with Gasteiger partial charge in [-0.2, -0.15) is 0 Å². The lowest BCUT2D eigenvalue weighted by molar-refractivity contribution is 0.274. The third-order valence-corrected chi connectivity index (χ3v) is 19.3. The Bertz CT molecular complexity index is 2630. The van der Waals surface area contributed by atoms with Crippen molar-refractivity contribution in [1.82, 2.24) is 0 Å². The molecule has 0 fully saturated rings. The van der Waals surface area contributed by atoms with Crippen LogP contribution < -0.4 is 0 Å². The number of rotatable bonds is 73. The van der Waals surface area contributed by atoms with Gasteiger partial charge in [-0.3, -0.25) is 0 Å². The fraction of sp³-hybridized carbons (Fsp3) is 0.554. The Kier molecular flexibility index (Phi) is 121. The highest BCUT2D eigenvalue weighted by molar-refractivity contribution is 7.10. The maximum atomic E-state index is 5.41. The van der Waals surface area contributed by atoms with Gasteiger partial charge in [0.25, 0.3) is 0 Å². The highest BCUT2D eigenvalue weighted by Crippen LogP contribution is 2.15. The number of allylic oxidation sites excluding steroid dienone is 45. The molecule has 0 rings (SSSR count). The van der Waals surface area contributed by atoms with Crippen LogP contribution in [0.25, 0.3) is 0 Å². The fourth-order valence-corrected chi connectivity index (χ4v) is 11.6. The van der Waals surface area contributed by atoms with E-state index in [1.165, 1.54) is 154 Å². The van der Waals surface area contributed by atoms with Crippen molar-refractivity contribution in [3.63, 3.8) is 0 Å². The van der Waals surface area contributed by atoms with Crippen molar-refractivity contribution < 1.29 is 13.6 Å². The van der Waals surface area contributed by atoms with E-state index in [1.807, 2.05) is 0 Å². The summed E-state index contributed by atoms with van der Waals surface area (Å²) < 4.78 is 16.2. The van der Waals surface area contributed by atoms with Gasteiger partial charge >= 0.3 is 0 Å². The zero-order valence-electron chi connectivity index (χ0n) is 78.5. The van der Waals surface area contributed by atoms with Crippen LogP contribution >= 0.6 is 28.4 Å². The van der Waals surface area contributed by atoms with E-state index in [2.05, 4.69) is 415 Å². The van der Waals surface area contributed by atoms with Crippen LogP contribution in [-0.4, -0.2) is 18.3 Å². The summed E-state index contributed by atoms with van der Waals surface area (Å²) in [4.78, 5) is 0. The zero-order chi connectivity index (χ0) is 87.2. The standard InChI is InChI=1S/2C23H38.3C22H37OP/c2*1-4-6-8-9-10-11-12-13-14-15-16-17-18-20-22-23(3)21-19-7-5-2;1-3-5-7-9-10-11-12-13-14-15-16-17-19-21-22(23-24)20-18-8-6-4-2;2*1-3-5-7-9-11-12-13-14-15-17-19-21-22(23-24)20-18-16-10-8-6-4-2/h2*7,11-12,14-15,17-20,22-23H,4-6,8-10,13,16,21H2,1-3H3;5,7,10-11,13-14,16-17,19,21-22H,3-4,6,8-9,12,15,18,20,24H2,1-2H3;2*6,8,12-13,15-19,21-22H,3-5,7,9-11,14,20,24H2,1-2H3/b12-11-,15-14-,18-17-,19-7-,22-20+;;7-5-,11-10-,14-13-,17-16-,21-19+;8-6-,13-12-,17-15-,18-16-,21-19+;. The van der Waals surface area contributed by atoms with E-state index < -0.39 is 0 Å². The average molecular weight is 1670 g/mol. The zero-order valence-corrected chi connectivity index (χ0v) is 82.0. The first-order valence-corrected chi connectivity index (χ1v) is 49.1. The molecule has 0 amide bonds. The lowest BCUT2D eigenvalue weighted by Crippen LogP contribution is -2.02.